The van der Waals surface area contributed by atoms with Gasteiger partial charge in [-0.15, -0.1) is 0 Å². The van der Waals surface area contributed by atoms with Gasteiger partial charge in [-0.25, -0.2) is 9.59 Å². The van der Waals surface area contributed by atoms with E-state index < -0.39 is 12.0 Å². The van der Waals surface area contributed by atoms with Crippen molar-refractivity contribution in [2.24, 2.45) is 5.92 Å². The molecule has 1 fully saturated rings. The number of urea groups is 1. The predicted octanol–water partition coefficient (Wildman–Crippen LogP) is 2.96. The molecular formula is C13H15ClN2O3. The number of rotatable bonds is 4. The van der Waals surface area contributed by atoms with Gasteiger partial charge in [-0.2, -0.15) is 0 Å². The summed E-state index contributed by atoms with van der Waals surface area (Å²) in [5, 5.41) is 14.7. The van der Waals surface area contributed by atoms with Crippen LogP contribution in [0.3, 0.4) is 0 Å². The first-order valence-electron chi connectivity index (χ1n) is 6.07. The molecule has 2 amide bonds. The van der Waals surface area contributed by atoms with Crippen molar-refractivity contribution in [3.8, 4) is 0 Å². The van der Waals surface area contributed by atoms with Crippen molar-refractivity contribution in [2.75, 3.05) is 5.32 Å². The molecule has 0 saturated heterocycles. The third-order valence-electron chi connectivity index (χ3n) is 3.15. The minimum Gasteiger partial charge on any atom is -0.478 e. The molecule has 0 aliphatic heterocycles. The van der Waals surface area contributed by atoms with Gasteiger partial charge in [-0.05, 0) is 43.9 Å². The zero-order valence-corrected chi connectivity index (χ0v) is 11.2. The molecule has 5 nitrogen and oxygen atoms in total. The molecule has 1 saturated carbocycles. The largest absolute Gasteiger partial charge is 0.478 e. The monoisotopic (exact) mass is 282 g/mol. The number of anilines is 1. The maximum Gasteiger partial charge on any atom is 0.337 e. The third kappa shape index (κ3) is 3.61. The molecule has 6 heteroatoms. The lowest BCUT2D eigenvalue weighted by Crippen LogP contribution is -2.37. The summed E-state index contributed by atoms with van der Waals surface area (Å²) < 4.78 is 0. The van der Waals surface area contributed by atoms with Crippen LogP contribution in [0.5, 0.6) is 0 Å². The Morgan fingerprint density at radius 3 is 2.68 bits per heavy atom. The third-order valence-corrected chi connectivity index (χ3v) is 3.38. The molecule has 1 aromatic carbocycles. The second-order valence-corrected chi connectivity index (χ2v) is 5.16. The highest BCUT2D eigenvalue weighted by atomic mass is 35.5. The lowest BCUT2D eigenvalue weighted by molar-refractivity contribution is 0.0698. The smallest absolute Gasteiger partial charge is 0.337 e. The van der Waals surface area contributed by atoms with Crippen LogP contribution in [0.15, 0.2) is 18.2 Å². The molecule has 0 heterocycles. The molecule has 0 aromatic heterocycles. The first-order chi connectivity index (χ1) is 8.97. The molecule has 19 heavy (non-hydrogen) atoms. The maximum absolute atomic E-state index is 11.8. The highest BCUT2D eigenvalue weighted by molar-refractivity contribution is 6.31. The Labute approximate surface area is 116 Å². The summed E-state index contributed by atoms with van der Waals surface area (Å²) in [4.78, 5) is 22.8. The Hall–Kier alpha value is -1.75. The topological polar surface area (TPSA) is 78.4 Å². The number of hydrogen-bond acceptors (Lipinski definition) is 2. The normalized spacial score (nSPS) is 15.7. The zero-order chi connectivity index (χ0) is 14.0. The van der Waals surface area contributed by atoms with E-state index in [0.717, 1.165) is 12.8 Å². The van der Waals surface area contributed by atoms with Gasteiger partial charge in [-0.3, -0.25) is 0 Å². The Morgan fingerprint density at radius 1 is 1.42 bits per heavy atom. The minimum absolute atomic E-state index is 0.0262. The number of hydrogen-bond donors (Lipinski definition) is 3. The quantitative estimate of drug-likeness (QED) is 0.794. The average Bonchev–Trinajstić information content (AvgIpc) is 3.15. The van der Waals surface area contributed by atoms with Crippen molar-refractivity contribution in [1.82, 2.24) is 5.32 Å². The van der Waals surface area contributed by atoms with Crippen LogP contribution in [-0.4, -0.2) is 23.1 Å². The molecule has 2 rings (SSSR count). The van der Waals surface area contributed by atoms with Gasteiger partial charge in [0.05, 0.1) is 11.3 Å². The summed E-state index contributed by atoms with van der Waals surface area (Å²) in [6.07, 6.45) is 2.26. The van der Waals surface area contributed by atoms with Crippen LogP contribution in [0.4, 0.5) is 10.5 Å². The summed E-state index contributed by atoms with van der Waals surface area (Å²) in [6, 6.07) is 4.02. The SMILES string of the molecule is CC(NC(=O)Nc1ccc(Cl)cc1C(=O)O)C1CC1. The Bertz CT molecular complexity index is 515. The van der Waals surface area contributed by atoms with Crippen LogP contribution in [0, 0.1) is 5.92 Å². The van der Waals surface area contributed by atoms with E-state index in [0.29, 0.717) is 10.9 Å². The first-order valence-corrected chi connectivity index (χ1v) is 6.45. The molecule has 102 valence electrons. The number of benzene rings is 1. The van der Waals surface area contributed by atoms with E-state index in [-0.39, 0.29) is 17.3 Å². The first kappa shape index (κ1) is 13.7. The molecular weight excluding hydrogens is 268 g/mol. The molecule has 1 atom stereocenters. The average molecular weight is 283 g/mol. The maximum atomic E-state index is 11.8. The van der Waals surface area contributed by atoms with Crippen LogP contribution < -0.4 is 10.6 Å². The van der Waals surface area contributed by atoms with E-state index in [1.807, 2.05) is 6.92 Å². The van der Waals surface area contributed by atoms with Crippen LogP contribution in [0.2, 0.25) is 5.02 Å². The fourth-order valence-electron chi connectivity index (χ4n) is 1.88. The zero-order valence-electron chi connectivity index (χ0n) is 10.4. The molecule has 1 aliphatic rings. The standard InChI is InChI=1S/C13H15ClN2O3/c1-7(8-2-3-8)15-13(19)16-11-5-4-9(14)6-10(11)12(17)18/h4-8H,2-3H2,1H3,(H,17,18)(H2,15,16,19). The van der Waals surface area contributed by atoms with E-state index in [1.54, 1.807) is 0 Å². The fraction of sp³-hybridized carbons (Fsp3) is 0.385. The molecule has 1 aliphatic carbocycles. The number of halogens is 1. The van der Waals surface area contributed by atoms with Gasteiger partial charge < -0.3 is 15.7 Å². The lowest BCUT2D eigenvalue weighted by atomic mass is 10.2. The molecule has 0 bridgehead atoms. The van der Waals surface area contributed by atoms with Crippen LogP contribution in [0.1, 0.15) is 30.1 Å². The highest BCUT2D eigenvalue weighted by Crippen LogP contribution is 2.32. The summed E-state index contributed by atoms with van der Waals surface area (Å²) in [6.45, 7) is 1.94. The molecule has 3 N–H and O–H groups in total. The van der Waals surface area contributed by atoms with Crippen molar-refractivity contribution in [1.29, 1.82) is 0 Å². The second kappa shape index (κ2) is 5.48. The predicted molar refractivity (Wildman–Crippen MR) is 72.8 cm³/mol. The van der Waals surface area contributed by atoms with Crippen molar-refractivity contribution < 1.29 is 14.7 Å². The number of carbonyl (C=O) groups excluding carboxylic acids is 1. The van der Waals surface area contributed by atoms with Crippen LogP contribution in [0.25, 0.3) is 0 Å². The molecule has 1 aromatic rings. The molecule has 1 unspecified atom stereocenters. The van der Waals surface area contributed by atoms with Crippen LogP contribution in [-0.2, 0) is 0 Å². The number of carboxylic acid groups (broad SMARTS) is 1. The van der Waals surface area contributed by atoms with Gasteiger partial charge in [-0.1, -0.05) is 11.6 Å². The Balaban J connectivity index is 2.05. The second-order valence-electron chi connectivity index (χ2n) is 4.72. The van der Waals surface area contributed by atoms with E-state index in [4.69, 9.17) is 16.7 Å². The van der Waals surface area contributed by atoms with E-state index in [9.17, 15) is 9.59 Å². The Morgan fingerprint density at radius 2 is 2.11 bits per heavy atom. The van der Waals surface area contributed by atoms with Gasteiger partial charge in [0, 0.05) is 11.1 Å². The van der Waals surface area contributed by atoms with E-state index in [2.05, 4.69) is 10.6 Å². The van der Waals surface area contributed by atoms with Gasteiger partial charge in [0.15, 0.2) is 0 Å². The van der Waals surface area contributed by atoms with Gasteiger partial charge >= 0.3 is 12.0 Å². The highest BCUT2D eigenvalue weighted by Gasteiger charge is 2.29. The van der Waals surface area contributed by atoms with E-state index >= 15 is 0 Å². The fourth-order valence-corrected chi connectivity index (χ4v) is 2.05. The summed E-state index contributed by atoms with van der Waals surface area (Å²) in [5.74, 6) is -0.594. The summed E-state index contributed by atoms with van der Waals surface area (Å²) in [5.41, 5.74) is 0.208. The molecule has 0 spiro atoms. The van der Waals surface area contributed by atoms with Crippen molar-refractivity contribution >= 4 is 29.3 Å². The van der Waals surface area contributed by atoms with Crippen molar-refractivity contribution in [3.63, 3.8) is 0 Å². The van der Waals surface area contributed by atoms with Gasteiger partial charge in [0.25, 0.3) is 0 Å². The Kier molecular flexibility index (Phi) is 3.95. The van der Waals surface area contributed by atoms with Crippen molar-refractivity contribution in [3.05, 3.63) is 28.8 Å². The number of carbonyl (C=O) groups is 2. The van der Waals surface area contributed by atoms with Gasteiger partial charge in [0.1, 0.15) is 0 Å². The summed E-state index contributed by atoms with van der Waals surface area (Å²) in [7, 11) is 0. The van der Waals surface area contributed by atoms with E-state index in [1.165, 1.54) is 18.2 Å². The van der Waals surface area contributed by atoms with Crippen LogP contribution >= 0.6 is 11.6 Å². The number of amides is 2. The number of nitrogens with one attached hydrogen (secondary N) is 2. The number of carboxylic acids is 1. The van der Waals surface area contributed by atoms with Crippen molar-refractivity contribution in [2.45, 2.75) is 25.8 Å². The molecule has 0 radical (unpaired) electrons. The number of aromatic carboxylic acids is 1. The summed E-state index contributed by atoms with van der Waals surface area (Å²) >= 11 is 5.74. The van der Waals surface area contributed by atoms with Gasteiger partial charge in [0.2, 0.25) is 0 Å². The lowest BCUT2D eigenvalue weighted by Gasteiger charge is -2.14. The minimum atomic E-state index is -1.13.